The highest BCUT2D eigenvalue weighted by Crippen LogP contribution is 2.36. The lowest BCUT2D eigenvalue weighted by Crippen LogP contribution is -2.26. The van der Waals surface area contributed by atoms with Gasteiger partial charge >= 0.3 is 0 Å². The van der Waals surface area contributed by atoms with Gasteiger partial charge in [0.25, 0.3) is 10.0 Å². The Morgan fingerprint density at radius 2 is 2.00 bits per heavy atom. The summed E-state index contributed by atoms with van der Waals surface area (Å²) < 4.78 is 28.1. The largest absolute Gasteiger partial charge is 0.341 e. The number of rotatable bonds is 1. The molecule has 3 rings (SSSR count). The second-order valence-electron chi connectivity index (χ2n) is 4.45. The maximum Gasteiger partial charge on any atom is 0.286 e. The normalized spacial score (nSPS) is 23.7. The minimum absolute atomic E-state index is 0.0115. The molecule has 1 aromatic rings. The molecule has 1 aliphatic heterocycles. The summed E-state index contributed by atoms with van der Waals surface area (Å²) in [6.07, 6.45) is 5.77. The minimum Gasteiger partial charge on any atom is -0.341 e. The number of nitrogens with zero attached hydrogens (tertiary/aromatic N) is 1. The lowest BCUT2D eigenvalue weighted by molar-refractivity contribution is 0.597. The highest BCUT2D eigenvalue weighted by Gasteiger charge is 2.29. The van der Waals surface area contributed by atoms with E-state index in [4.69, 9.17) is 23.2 Å². The van der Waals surface area contributed by atoms with Gasteiger partial charge in [-0.15, -0.1) is 4.40 Å². The van der Waals surface area contributed by atoms with Crippen molar-refractivity contribution in [3.8, 4) is 0 Å². The summed E-state index contributed by atoms with van der Waals surface area (Å²) in [5.74, 6) is 0.456. The summed E-state index contributed by atoms with van der Waals surface area (Å²) in [7, 11) is -3.72. The third kappa shape index (κ3) is 2.26. The predicted octanol–water partition coefficient (Wildman–Crippen LogP) is 3.47. The highest BCUT2D eigenvalue weighted by atomic mass is 35.5. The number of anilines is 1. The lowest BCUT2D eigenvalue weighted by Gasteiger charge is -2.21. The fourth-order valence-electron chi connectivity index (χ4n) is 2.20. The van der Waals surface area contributed by atoms with E-state index in [1.807, 2.05) is 12.2 Å². The Balaban J connectivity index is 2.11. The average Bonchev–Trinajstić information content (AvgIpc) is 2.84. The Hall–Kier alpha value is -1.04. The number of hydrogen-bond donors (Lipinski definition) is 1. The van der Waals surface area contributed by atoms with Gasteiger partial charge in [-0.05, 0) is 25.0 Å². The van der Waals surface area contributed by atoms with Crippen LogP contribution in [0.1, 0.15) is 12.8 Å². The van der Waals surface area contributed by atoms with Crippen molar-refractivity contribution in [2.45, 2.75) is 17.7 Å². The first kappa shape index (κ1) is 13.0. The van der Waals surface area contributed by atoms with Crippen molar-refractivity contribution in [1.29, 1.82) is 0 Å². The highest BCUT2D eigenvalue weighted by molar-refractivity contribution is 7.90. The Kier molecular flexibility index (Phi) is 3.08. The van der Waals surface area contributed by atoms with Crippen LogP contribution in [0.15, 0.2) is 33.6 Å². The molecule has 0 spiro atoms. The van der Waals surface area contributed by atoms with E-state index >= 15 is 0 Å². The molecule has 7 heteroatoms. The fraction of sp³-hybridized carbons (Fsp3) is 0.250. The van der Waals surface area contributed by atoms with Crippen LogP contribution in [0.2, 0.25) is 10.0 Å². The van der Waals surface area contributed by atoms with Gasteiger partial charge < -0.3 is 5.32 Å². The molecule has 4 nitrogen and oxygen atoms in total. The minimum atomic E-state index is -3.72. The first-order valence-corrected chi connectivity index (χ1v) is 7.94. The molecular formula is C12H10Cl2N2O2S. The van der Waals surface area contributed by atoms with Crippen molar-refractivity contribution in [2.75, 3.05) is 5.32 Å². The van der Waals surface area contributed by atoms with Crippen molar-refractivity contribution in [3.63, 3.8) is 0 Å². The number of benzene rings is 1. The molecule has 0 saturated carbocycles. The topological polar surface area (TPSA) is 58.5 Å². The van der Waals surface area contributed by atoms with Gasteiger partial charge in [-0.1, -0.05) is 35.4 Å². The van der Waals surface area contributed by atoms with E-state index in [1.165, 1.54) is 12.1 Å². The molecule has 1 aliphatic carbocycles. The molecule has 1 N–H and O–H groups in total. The van der Waals surface area contributed by atoms with E-state index in [0.717, 1.165) is 12.8 Å². The quantitative estimate of drug-likeness (QED) is 0.807. The maximum absolute atomic E-state index is 12.2. The molecule has 0 bridgehead atoms. The van der Waals surface area contributed by atoms with Gasteiger partial charge in [0.1, 0.15) is 10.7 Å². The number of halogens is 2. The summed E-state index contributed by atoms with van der Waals surface area (Å²) >= 11 is 11.8. The molecule has 0 aromatic heterocycles. The van der Waals surface area contributed by atoms with Crippen LogP contribution in [-0.4, -0.2) is 14.3 Å². The second-order valence-corrected chi connectivity index (χ2v) is 6.84. The van der Waals surface area contributed by atoms with Crippen LogP contribution in [0.5, 0.6) is 0 Å². The molecule has 0 saturated heterocycles. The van der Waals surface area contributed by atoms with Crippen molar-refractivity contribution >= 4 is 44.7 Å². The van der Waals surface area contributed by atoms with E-state index in [0.29, 0.717) is 16.5 Å². The van der Waals surface area contributed by atoms with E-state index in [-0.39, 0.29) is 15.8 Å². The van der Waals surface area contributed by atoms with Crippen molar-refractivity contribution < 1.29 is 8.42 Å². The Morgan fingerprint density at radius 1 is 1.26 bits per heavy atom. The third-order valence-electron chi connectivity index (χ3n) is 3.15. The fourth-order valence-corrected chi connectivity index (χ4v) is 3.78. The lowest BCUT2D eigenvalue weighted by atomic mass is 10.1. The number of amidine groups is 1. The number of fused-ring (bicyclic) bond motifs is 1. The van der Waals surface area contributed by atoms with Crippen LogP contribution < -0.4 is 5.32 Å². The van der Waals surface area contributed by atoms with E-state index in [2.05, 4.69) is 9.71 Å². The van der Waals surface area contributed by atoms with Gasteiger partial charge in [0.05, 0.1) is 15.7 Å². The first-order valence-electron chi connectivity index (χ1n) is 5.75. The van der Waals surface area contributed by atoms with E-state index in [9.17, 15) is 8.42 Å². The zero-order valence-electron chi connectivity index (χ0n) is 9.73. The first-order chi connectivity index (χ1) is 8.97. The molecule has 1 heterocycles. The van der Waals surface area contributed by atoms with Crippen LogP contribution in [-0.2, 0) is 10.0 Å². The number of nitrogens with one attached hydrogen (secondary N) is 1. The SMILES string of the molecule is O=S1(=O)N=C(C2C=CCC2)Nc2cc(Cl)c(Cl)cc21. The zero-order valence-corrected chi connectivity index (χ0v) is 12.1. The third-order valence-corrected chi connectivity index (χ3v) is 5.20. The molecule has 2 aliphatic rings. The molecule has 0 radical (unpaired) electrons. The average molecular weight is 317 g/mol. The van der Waals surface area contributed by atoms with Gasteiger partial charge in [0, 0.05) is 5.92 Å². The van der Waals surface area contributed by atoms with Crippen molar-refractivity contribution in [3.05, 3.63) is 34.3 Å². The molecule has 19 heavy (non-hydrogen) atoms. The van der Waals surface area contributed by atoms with Gasteiger partial charge in [-0.3, -0.25) is 0 Å². The summed E-state index contributed by atoms with van der Waals surface area (Å²) in [6, 6.07) is 2.84. The molecular weight excluding hydrogens is 307 g/mol. The van der Waals surface area contributed by atoms with Gasteiger partial charge in [-0.25, -0.2) is 0 Å². The van der Waals surface area contributed by atoms with Crippen LogP contribution >= 0.6 is 23.2 Å². The number of allylic oxidation sites excluding steroid dienone is 1. The monoisotopic (exact) mass is 316 g/mol. The Bertz CT molecular complexity index is 711. The second kappa shape index (κ2) is 4.51. The molecule has 0 amide bonds. The summed E-state index contributed by atoms with van der Waals surface area (Å²) in [5.41, 5.74) is 0.430. The number of hydrogen-bond acceptors (Lipinski definition) is 3. The van der Waals surface area contributed by atoms with Crippen LogP contribution in [0.4, 0.5) is 5.69 Å². The van der Waals surface area contributed by atoms with Gasteiger partial charge in [-0.2, -0.15) is 8.42 Å². The standard InChI is InChI=1S/C12H10Cl2N2O2S/c13-8-5-10-11(6-9(8)14)19(17,18)16-12(15-10)7-3-1-2-4-7/h1,3,5-7H,2,4H2,(H,15,16). The van der Waals surface area contributed by atoms with Gasteiger partial charge in [0.2, 0.25) is 0 Å². The van der Waals surface area contributed by atoms with Crippen LogP contribution in [0.25, 0.3) is 0 Å². The predicted molar refractivity (Wildman–Crippen MR) is 76.6 cm³/mol. The van der Waals surface area contributed by atoms with Crippen molar-refractivity contribution in [2.24, 2.45) is 10.3 Å². The molecule has 1 unspecified atom stereocenters. The maximum atomic E-state index is 12.2. The number of sulfonamides is 1. The smallest absolute Gasteiger partial charge is 0.286 e. The van der Waals surface area contributed by atoms with Crippen LogP contribution in [0, 0.1) is 5.92 Å². The zero-order chi connectivity index (χ0) is 13.6. The Labute approximate surface area is 121 Å². The summed E-state index contributed by atoms with van der Waals surface area (Å²) in [5, 5.41) is 3.55. The van der Waals surface area contributed by atoms with Crippen molar-refractivity contribution in [1.82, 2.24) is 0 Å². The molecule has 100 valence electrons. The van der Waals surface area contributed by atoms with E-state index in [1.54, 1.807) is 0 Å². The van der Waals surface area contributed by atoms with Crippen LogP contribution in [0.3, 0.4) is 0 Å². The van der Waals surface area contributed by atoms with Gasteiger partial charge in [0.15, 0.2) is 0 Å². The molecule has 1 atom stereocenters. The summed E-state index contributed by atoms with van der Waals surface area (Å²) in [6.45, 7) is 0. The summed E-state index contributed by atoms with van der Waals surface area (Å²) in [4.78, 5) is 0.0626. The molecule has 0 fully saturated rings. The Morgan fingerprint density at radius 3 is 2.68 bits per heavy atom. The van der Waals surface area contributed by atoms with E-state index < -0.39 is 10.0 Å². The molecule has 1 aromatic carbocycles.